The summed E-state index contributed by atoms with van der Waals surface area (Å²) in [5.74, 6) is -1.85. The number of nitrogens with one attached hydrogen (secondary N) is 2. The van der Waals surface area contributed by atoms with Crippen molar-refractivity contribution in [2.75, 3.05) is 49.3 Å². The molecular formula is C28H28F2N8O2S. The molecule has 0 aliphatic carbocycles. The molecule has 2 aromatic carbocycles. The van der Waals surface area contributed by atoms with Crippen LogP contribution in [0.3, 0.4) is 0 Å². The van der Waals surface area contributed by atoms with E-state index in [4.69, 9.17) is 4.98 Å². The third-order valence-electron chi connectivity index (χ3n) is 6.60. The number of halogens is 2. The van der Waals surface area contributed by atoms with Crippen LogP contribution in [0.2, 0.25) is 0 Å². The molecule has 3 heterocycles. The number of nitrogens with zero attached hydrogens (tertiary/aromatic N) is 6. The highest BCUT2D eigenvalue weighted by Crippen LogP contribution is 2.39. The Bertz CT molecular complexity index is 1590. The lowest BCUT2D eigenvalue weighted by Gasteiger charge is -2.32. The van der Waals surface area contributed by atoms with Gasteiger partial charge in [-0.15, -0.1) is 11.3 Å². The molecule has 0 bridgehead atoms. The van der Waals surface area contributed by atoms with Crippen molar-refractivity contribution in [1.82, 2.24) is 25.2 Å². The molecule has 0 saturated heterocycles. The van der Waals surface area contributed by atoms with E-state index in [9.17, 15) is 18.4 Å². The van der Waals surface area contributed by atoms with Gasteiger partial charge in [-0.2, -0.15) is 4.98 Å². The number of carbonyl (C=O) groups excluding carboxylic acids is 2. The van der Waals surface area contributed by atoms with E-state index < -0.39 is 23.4 Å². The zero-order valence-electron chi connectivity index (χ0n) is 22.9. The number of amides is 3. The Morgan fingerprint density at radius 3 is 2.56 bits per heavy atom. The molecule has 0 saturated carbocycles. The minimum atomic E-state index is -0.910. The minimum Gasteiger partial charge on any atom is -0.343 e. The lowest BCUT2D eigenvalue weighted by molar-refractivity contribution is 0.102. The minimum absolute atomic E-state index is 0.0206. The van der Waals surface area contributed by atoms with Crippen LogP contribution >= 0.6 is 11.3 Å². The van der Waals surface area contributed by atoms with Crippen molar-refractivity contribution in [2.24, 2.45) is 0 Å². The number of fused-ring (bicyclic) bond motifs is 1. The van der Waals surface area contributed by atoms with Crippen LogP contribution in [0.4, 0.5) is 36.2 Å². The van der Waals surface area contributed by atoms with Gasteiger partial charge in [-0.05, 0) is 50.8 Å². The zero-order chi connectivity index (χ0) is 29.3. The Balaban J connectivity index is 1.68. The fourth-order valence-corrected chi connectivity index (χ4v) is 4.90. The van der Waals surface area contributed by atoms with Gasteiger partial charge in [-0.1, -0.05) is 12.1 Å². The summed E-state index contributed by atoms with van der Waals surface area (Å²) in [4.78, 5) is 44.5. The van der Waals surface area contributed by atoms with Crippen molar-refractivity contribution in [2.45, 2.75) is 13.5 Å². The summed E-state index contributed by atoms with van der Waals surface area (Å²) in [7, 11) is 5.67. The van der Waals surface area contributed by atoms with E-state index in [0.717, 1.165) is 22.6 Å². The van der Waals surface area contributed by atoms with Gasteiger partial charge >= 0.3 is 6.03 Å². The Kier molecular flexibility index (Phi) is 7.90. The first-order valence-corrected chi connectivity index (χ1v) is 13.6. The lowest BCUT2D eigenvalue weighted by Crippen LogP contribution is -2.43. The first-order valence-electron chi connectivity index (χ1n) is 12.7. The van der Waals surface area contributed by atoms with Gasteiger partial charge in [0.1, 0.15) is 17.3 Å². The average Bonchev–Trinajstić information content (AvgIpc) is 3.45. The maximum atomic E-state index is 15.0. The summed E-state index contributed by atoms with van der Waals surface area (Å²) in [5, 5.41) is 7.70. The average molecular weight is 579 g/mol. The van der Waals surface area contributed by atoms with Crippen molar-refractivity contribution in [3.63, 3.8) is 0 Å². The number of hydrogen-bond acceptors (Lipinski definition) is 8. The second kappa shape index (κ2) is 11.6. The smallest absolute Gasteiger partial charge is 0.328 e. The predicted octanol–water partition coefficient (Wildman–Crippen LogP) is 4.80. The van der Waals surface area contributed by atoms with Crippen molar-refractivity contribution in [3.05, 3.63) is 76.3 Å². The highest BCUT2D eigenvalue weighted by atomic mass is 32.1. The molecule has 10 nitrogen and oxygen atoms in total. The summed E-state index contributed by atoms with van der Waals surface area (Å²) in [6, 6.07) is 7.88. The van der Waals surface area contributed by atoms with Gasteiger partial charge in [0, 0.05) is 48.4 Å². The molecule has 0 unspecified atom stereocenters. The van der Waals surface area contributed by atoms with Crippen LogP contribution in [0, 0.1) is 18.6 Å². The van der Waals surface area contributed by atoms with Crippen LogP contribution < -0.4 is 20.4 Å². The molecule has 0 radical (unpaired) electrons. The van der Waals surface area contributed by atoms with E-state index in [1.165, 1.54) is 17.4 Å². The Morgan fingerprint density at radius 1 is 1.12 bits per heavy atom. The number of urea groups is 1. The number of anilines is 4. The molecule has 212 valence electrons. The third-order valence-corrected chi connectivity index (χ3v) is 7.29. The van der Waals surface area contributed by atoms with E-state index >= 15 is 0 Å². The molecule has 41 heavy (non-hydrogen) atoms. The molecule has 2 N–H and O–H groups in total. The molecule has 0 spiro atoms. The van der Waals surface area contributed by atoms with Crippen LogP contribution in [0.15, 0.2) is 48.0 Å². The summed E-state index contributed by atoms with van der Waals surface area (Å²) in [6.07, 6.45) is 1.60. The maximum absolute atomic E-state index is 15.0. The Labute approximate surface area is 239 Å². The molecule has 2 aromatic heterocycles. The van der Waals surface area contributed by atoms with Gasteiger partial charge in [-0.25, -0.2) is 28.4 Å². The predicted molar refractivity (Wildman–Crippen MR) is 155 cm³/mol. The van der Waals surface area contributed by atoms with Crippen molar-refractivity contribution < 1.29 is 18.4 Å². The largest absolute Gasteiger partial charge is 0.343 e. The van der Waals surface area contributed by atoms with Crippen LogP contribution in [0.25, 0.3) is 11.3 Å². The van der Waals surface area contributed by atoms with Crippen LogP contribution in [0.5, 0.6) is 0 Å². The molecule has 5 rings (SSSR count). The highest BCUT2D eigenvalue weighted by molar-refractivity contribution is 7.13. The van der Waals surface area contributed by atoms with Gasteiger partial charge in [-0.3, -0.25) is 10.1 Å². The number of likely N-dealkylation sites (N-methyl/N-ethyl adjacent to an activating group) is 2. The third kappa shape index (κ3) is 5.72. The fraction of sp³-hybridized carbons (Fsp3) is 0.250. The van der Waals surface area contributed by atoms with Crippen LogP contribution in [-0.2, 0) is 6.54 Å². The first-order chi connectivity index (χ1) is 19.6. The van der Waals surface area contributed by atoms with Crippen LogP contribution in [-0.4, -0.2) is 66.0 Å². The number of carbonyl (C=O) groups is 2. The van der Waals surface area contributed by atoms with Gasteiger partial charge in [0.25, 0.3) is 5.91 Å². The normalized spacial score (nSPS) is 12.8. The number of aryl methyl sites for hydroxylation is 1. The number of thiazole rings is 1. The zero-order valence-corrected chi connectivity index (χ0v) is 23.7. The second-order valence-corrected chi connectivity index (χ2v) is 10.7. The molecular weight excluding hydrogens is 550 g/mol. The van der Waals surface area contributed by atoms with Crippen molar-refractivity contribution in [3.8, 4) is 11.3 Å². The molecule has 0 fully saturated rings. The number of rotatable bonds is 8. The molecule has 1 aliphatic rings. The van der Waals surface area contributed by atoms with Crippen molar-refractivity contribution >= 4 is 45.9 Å². The SMILES string of the molecule is Cc1ccc(C(=O)Nc2nccs2)cc1-c1nc(N(C)CCN(C)C)nc2c1CNC(=O)N2c1c(F)cccc1F. The number of benzene rings is 2. The number of hydrogen-bond donors (Lipinski definition) is 2. The van der Waals surface area contributed by atoms with E-state index in [2.05, 4.69) is 20.6 Å². The van der Waals surface area contributed by atoms with Crippen LogP contribution in [0.1, 0.15) is 21.5 Å². The standard InChI is InChI=1S/C28H28F2N8O2S/c1-16-8-9-17(25(39)35-27-31-10-13-41-27)14-18(16)22-19-15-32-28(40)38(23-20(29)6-5-7-21(23)30)24(19)34-26(33-22)37(4)12-11-36(2)3/h5-10,13-14H,11-12,15H2,1-4H3,(H,32,40)(H,31,35,39). The van der Waals surface area contributed by atoms with E-state index in [1.54, 1.807) is 41.7 Å². The van der Waals surface area contributed by atoms with Gasteiger partial charge in [0.05, 0.1) is 12.2 Å². The van der Waals surface area contributed by atoms with E-state index in [1.807, 2.05) is 25.9 Å². The topological polar surface area (TPSA) is 107 Å². The van der Waals surface area contributed by atoms with E-state index in [0.29, 0.717) is 40.6 Å². The molecule has 1 aliphatic heterocycles. The van der Waals surface area contributed by atoms with Gasteiger partial charge in [0.2, 0.25) is 5.95 Å². The Morgan fingerprint density at radius 2 is 1.88 bits per heavy atom. The summed E-state index contributed by atoms with van der Waals surface area (Å²) in [5.41, 5.74) is 2.14. The molecule has 13 heteroatoms. The number of aromatic nitrogens is 3. The van der Waals surface area contributed by atoms with Gasteiger partial charge < -0.3 is 15.1 Å². The summed E-state index contributed by atoms with van der Waals surface area (Å²) >= 11 is 1.30. The molecule has 0 atom stereocenters. The Hall–Kier alpha value is -4.49. The monoisotopic (exact) mass is 578 g/mol. The second-order valence-electron chi connectivity index (χ2n) is 9.78. The van der Waals surface area contributed by atoms with Crippen molar-refractivity contribution in [1.29, 1.82) is 0 Å². The summed E-state index contributed by atoms with van der Waals surface area (Å²) < 4.78 is 30.0. The quantitative estimate of drug-likeness (QED) is 0.309. The fourth-order valence-electron chi connectivity index (χ4n) is 4.37. The molecule has 3 amide bonds. The summed E-state index contributed by atoms with van der Waals surface area (Å²) in [6.45, 7) is 3.12. The maximum Gasteiger partial charge on any atom is 0.328 e. The highest BCUT2D eigenvalue weighted by Gasteiger charge is 2.34. The molecule has 4 aromatic rings. The number of para-hydroxylation sites is 1. The lowest BCUT2D eigenvalue weighted by atomic mass is 9.97. The van der Waals surface area contributed by atoms with Gasteiger partial charge in [0.15, 0.2) is 10.9 Å². The van der Waals surface area contributed by atoms with E-state index in [-0.39, 0.29) is 24.2 Å². The first kappa shape index (κ1) is 28.1.